The lowest BCUT2D eigenvalue weighted by atomic mass is 9.75. The maximum Gasteiger partial charge on any atom is 0.123 e. The molecule has 1 fully saturated rings. The van der Waals surface area contributed by atoms with Crippen LogP contribution in [0.4, 0.5) is 4.39 Å². The predicted molar refractivity (Wildman–Crippen MR) is 58.4 cm³/mol. The summed E-state index contributed by atoms with van der Waals surface area (Å²) in [6.07, 6.45) is 2.60. The van der Waals surface area contributed by atoms with Crippen molar-refractivity contribution in [2.75, 3.05) is 0 Å². The fraction of sp³-hybridized carbons (Fsp3) is 0.538. The van der Waals surface area contributed by atoms with E-state index in [1.54, 1.807) is 12.1 Å². The van der Waals surface area contributed by atoms with Crippen molar-refractivity contribution < 1.29 is 9.13 Å². The number of hydrogen-bond donors (Lipinski definition) is 0. The maximum atomic E-state index is 12.6. The minimum atomic E-state index is -0.212. The Morgan fingerprint density at radius 2 is 1.80 bits per heavy atom. The molecular formula is C13H17FO. The van der Waals surface area contributed by atoms with Gasteiger partial charge in [-0.2, -0.15) is 0 Å². The summed E-state index contributed by atoms with van der Waals surface area (Å²) in [5, 5.41) is 0. The molecule has 0 saturated heterocycles. The number of rotatable bonds is 3. The van der Waals surface area contributed by atoms with Gasteiger partial charge < -0.3 is 4.74 Å². The zero-order chi connectivity index (χ0) is 10.8. The van der Waals surface area contributed by atoms with Crippen molar-refractivity contribution in [3.63, 3.8) is 0 Å². The third-order valence-electron chi connectivity index (χ3n) is 3.19. The molecule has 82 valence electrons. The van der Waals surface area contributed by atoms with Gasteiger partial charge in [-0.05, 0) is 48.9 Å². The van der Waals surface area contributed by atoms with Gasteiger partial charge in [0.2, 0.25) is 0 Å². The Morgan fingerprint density at radius 3 is 2.33 bits per heavy atom. The lowest BCUT2D eigenvalue weighted by molar-refractivity contribution is 0.0416. The van der Waals surface area contributed by atoms with Gasteiger partial charge in [0, 0.05) is 0 Å². The van der Waals surface area contributed by atoms with Crippen LogP contribution < -0.4 is 4.74 Å². The summed E-state index contributed by atoms with van der Waals surface area (Å²) in [5.41, 5.74) is 0. The molecule has 0 aromatic heterocycles. The lowest BCUT2D eigenvalue weighted by Crippen LogP contribution is -2.36. The molecule has 0 N–H and O–H groups in total. The smallest absolute Gasteiger partial charge is 0.123 e. The highest BCUT2D eigenvalue weighted by Crippen LogP contribution is 2.36. The van der Waals surface area contributed by atoms with Crippen molar-refractivity contribution in [3.05, 3.63) is 30.1 Å². The molecule has 1 aliphatic rings. The van der Waals surface area contributed by atoms with E-state index in [4.69, 9.17) is 4.74 Å². The fourth-order valence-electron chi connectivity index (χ4n) is 1.95. The molecule has 2 heteroatoms. The molecule has 0 amide bonds. The second-order valence-electron chi connectivity index (χ2n) is 4.67. The number of halogens is 1. The summed E-state index contributed by atoms with van der Waals surface area (Å²) in [5.74, 6) is 2.12. The Balaban J connectivity index is 1.82. The van der Waals surface area contributed by atoms with Gasteiger partial charge in [0.1, 0.15) is 11.6 Å². The molecule has 0 spiro atoms. The molecule has 1 aliphatic carbocycles. The Bertz CT molecular complexity index is 312. The summed E-state index contributed by atoms with van der Waals surface area (Å²) >= 11 is 0. The summed E-state index contributed by atoms with van der Waals surface area (Å²) in [7, 11) is 0. The van der Waals surface area contributed by atoms with Gasteiger partial charge in [-0.25, -0.2) is 4.39 Å². The maximum absolute atomic E-state index is 12.6. The van der Waals surface area contributed by atoms with Crippen molar-refractivity contribution in [2.24, 2.45) is 11.8 Å². The van der Waals surface area contributed by atoms with Gasteiger partial charge in [-0.3, -0.25) is 0 Å². The topological polar surface area (TPSA) is 9.23 Å². The zero-order valence-electron chi connectivity index (χ0n) is 9.24. The highest BCUT2D eigenvalue weighted by Gasteiger charge is 2.32. The lowest BCUT2D eigenvalue weighted by Gasteiger charge is -2.37. The molecule has 2 rings (SSSR count). The first kappa shape index (κ1) is 10.5. The molecular weight excluding hydrogens is 191 g/mol. The average Bonchev–Trinajstić information content (AvgIpc) is 2.13. The van der Waals surface area contributed by atoms with Crippen LogP contribution in [0.25, 0.3) is 0 Å². The van der Waals surface area contributed by atoms with Gasteiger partial charge in [0.05, 0.1) is 6.10 Å². The SMILES string of the molecule is CC(C)[C@H]1C[C@@H](Oc2ccc(F)cc2)C1. The first-order valence-corrected chi connectivity index (χ1v) is 5.57. The van der Waals surface area contributed by atoms with Crippen molar-refractivity contribution in [1.82, 2.24) is 0 Å². The highest BCUT2D eigenvalue weighted by molar-refractivity contribution is 5.22. The van der Waals surface area contributed by atoms with Crippen LogP contribution in [0.5, 0.6) is 5.75 Å². The Morgan fingerprint density at radius 1 is 1.20 bits per heavy atom. The second kappa shape index (κ2) is 4.21. The standard InChI is InChI=1S/C13H17FO/c1-9(2)10-7-13(8-10)15-12-5-3-11(14)4-6-12/h3-6,9-10,13H,7-8H2,1-2H3/t10-,13+. The first-order chi connectivity index (χ1) is 7.15. The van der Waals surface area contributed by atoms with Crippen LogP contribution in [0.2, 0.25) is 0 Å². The Kier molecular flexibility index (Phi) is 2.94. The third kappa shape index (κ3) is 2.49. The molecule has 0 unspecified atom stereocenters. The number of benzene rings is 1. The molecule has 1 saturated carbocycles. The molecule has 15 heavy (non-hydrogen) atoms. The molecule has 0 radical (unpaired) electrons. The van der Waals surface area contributed by atoms with Crippen molar-refractivity contribution in [2.45, 2.75) is 32.8 Å². The van der Waals surface area contributed by atoms with Gasteiger partial charge in [-0.1, -0.05) is 13.8 Å². The zero-order valence-corrected chi connectivity index (χ0v) is 9.24. The van der Waals surface area contributed by atoms with Crippen LogP contribution in [0.1, 0.15) is 26.7 Å². The van der Waals surface area contributed by atoms with Crippen LogP contribution in [-0.2, 0) is 0 Å². The van der Waals surface area contributed by atoms with E-state index in [2.05, 4.69) is 13.8 Å². The number of hydrogen-bond acceptors (Lipinski definition) is 1. The van der Waals surface area contributed by atoms with Crippen LogP contribution in [0.3, 0.4) is 0 Å². The molecule has 1 aromatic rings. The van der Waals surface area contributed by atoms with Crippen molar-refractivity contribution in [3.8, 4) is 5.75 Å². The minimum absolute atomic E-state index is 0.212. The van der Waals surface area contributed by atoms with E-state index in [1.807, 2.05) is 0 Å². The van der Waals surface area contributed by atoms with Gasteiger partial charge in [-0.15, -0.1) is 0 Å². The Hall–Kier alpha value is -1.05. The van der Waals surface area contributed by atoms with Crippen LogP contribution in [0, 0.1) is 17.7 Å². The normalized spacial score (nSPS) is 25.1. The quantitative estimate of drug-likeness (QED) is 0.737. The van der Waals surface area contributed by atoms with Gasteiger partial charge >= 0.3 is 0 Å². The monoisotopic (exact) mass is 208 g/mol. The van der Waals surface area contributed by atoms with E-state index in [0.717, 1.165) is 30.4 Å². The fourth-order valence-corrected chi connectivity index (χ4v) is 1.95. The van der Waals surface area contributed by atoms with Crippen molar-refractivity contribution in [1.29, 1.82) is 0 Å². The molecule has 0 atom stereocenters. The average molecular weight is 208 g/mol. The second-order valence-corrected chi connectivity index (χ2v) is 4.67. The Labute approximate surface area is 90.3 Å². The first-order valence-electron chi connectivity index (χ1n) is 5.57. The van der Waals surface area contributed by atoms with Crippen LogP contribution in [0.15, 0.2) is 24.3 Å². The molecule has 0 heterocycles. The van der Waals surface area contributed by atoms with Gasteiger partial charge in [0.25, 0.3) is 0 Å². The van der Waals surface area contributed by atoms with Crippen LogP contribution in [-0.4, -0.2) is 6.10 Å². The van der Waals surface area contributed by atoms with Crippen LogP contribution >= 0.6 is 0 Å². The largest absolute Gasteiger partial charge is 0.490 e. The van der Waals surface area contributed by atoms with E-state index in [0.29, 0.717) is 6.10 Å². The molecule has 1 nitrogen and oxygen atoms in total. The van der Waals surface area contributed by atoms with E-state index in [9.17, 15) is 4.39 Å². The van der Waals surface area contributed by atoms with E-state index < -0.39 is 0 Å². The van der Waals surface area contributed by atoms with E-state index >= 15 is 0 Å². The van der Waals surface area contributed by atoms with E-state index in [-0.39, 0.29) is 5.82 Å². The summed E-state index contributed by atoms with van der Waals surface area (Å²) in [6, 6.07) is 6.26. The minimum Gasteiger partial charge on any atom is -0.490 e. The van der Waals surface area contributed by atoms with E-state index in [1.165, 1.54) is 12.1 Å². The molecule has 1 aromatic carbocycles. The summed E-state index contributed by atoms with van der Waals surface area (Å²) < 4.78 is 18.4. The highest BCUT2D eigenvalue weighted by atomic mass is 19.1. The predicted octanol–water partition coefficient (Wildman–Crippen LogP) is 3.64. The van der Waals surface area contributed by atoms with Crippen molar-refractivity contribution >= 4 is 0 Å². The summed E-state index contributed by atoms with van der Waals surface area (Å²) in [6.45, 7) is 4.50. The number of ether oxygens (including phenoxy) is 1. The molecule has 0 bridgehead atoms. The van der Waals surface area contributed by atoms with Gasteiger partial charge in [0.15, 0.2) is 0 Å². The third-order valence-corrected chi connectivity index (χ3v) is 3.19. The summed E-state index contributed by atoms with van der Waals surface area (Å²) in [4.78, 5) is 0. The molecule has 0 aliphatic heterocycles.